The van der Waals surface area contributed by atoms with Crippen molar-refractivity contribution in [1.82, 2.24) is 0 Å². The summed E-state index contributed by atoms with van der Waals surface area (Å²) in [7, 11) is -7.54. The molecule has 0 aliphatic rings. The van der Waals surface area contributed by atoms with Gasteiger partial charge in [-0.15, -0.1) is 0 Å². The predicted molar refractivity (Wildman–Crippen MR) is 86.9 cm³/mol. The first kappa shape index (κ1) is 17.2. The molecule has 23 heavy (non-hydrogen) atoms. The molecule has 0 unspecified atom stereocenters. The zero-order valence-corrected chi connectivity index (χ0v) is 14.0. The molecule has 0 radical (unpaired) electrons. The first-order valence-electron chi connectivity index (χ1n) is 6.44. The summed E-state index contributed by atoms with van der Waals surface area (Å²) in [5, 5.41) is 0. The van der Waals surface area contributed by atoms with Gasteiger partial charge in [-0.25, -0.2) is 21.2 Å². The molecular weight excluding hydrogens is 343 g/mol. The van der Waals surface area contributed by atoms with Crippen molar-refractivity contribution in [3.8, 4) is 0 Å². The number of sulfonamides is 2. The van der Waals surface area contributed by atoms with E-state index in [-0.39, 0.29) is 16.3 Å². The third-order valence-corrected chi connectivity index (χ3v) is 4.83. The second-order valence-electron chi connectivity index (χ2n) is 4.99. The summed E-state index contributed by atoms with van der Waals surface area (Å²) in [5.74, 6) is -0.820. The molecule has 2 aromatic rings. The van der Waals surface area contributed by atoms with Crippen LogP contribution in [0.5, 0.6) is 0 Å². The van der Waals surface area contributed by atoms with Gasteiger partial charge in [-0.05, 0) is 37.3 Å². The minimum absolute atomic E-state index is 0.0241. The number of hydrogen-bond donors (Lipinski definition) is 2. The van der Waals surface area contributed by atoms with Gasteiger partial charge in [0.1, 0.15) is 5.82 Å². The minimum atomic E-state index is -3.98. The molecule has 0 bridgehead atoms. The zero-order chi connectivity index (χ0) is 17.3. The smallest absolute Gasteiger partial charge is 0.261 e. The van der Waals surface area contributed by atoms with Gasteiger partial charge in [0.15, 0.2) is 0 Å². The maximum absolute atomic E-state index is 13.8. The highest BCUT2D eigenvalue weighted by Crippen LogP contribution is 2.23. The maximum Gasteiger partial charge on any atom is 0.261 e. The average molecular weight is 358 g/mol. The van der Waals surface area contributed by atoms with Crippen molar-refractivity contribution >= 4 is 31.4 Å². The Labute approximate surface area is 134 Å². The first-order chi connectivity index (χ1) is 10.6. The summed E-state index contributed by atoms with van der Waals surface area (Å²) in [6, 6.07) is 9.27. The van der Waals surface area contributed by atoms with Crippen molar-refractivity contribution in [3.05, 3.63) is 53.8 Å². The van der Waals surface area contributed by atoms with E-state index >= 15 is 0 Å². The predicted octanol–water partition coefficient (Wildman–Crippen LogP) is 2.31. The topological polar surface area (TPSA) is 92.3 Å². The molecule has 2 aromatic carbocycles. The van der Waals surface area contributed by atoms with Gasteiger partial charge in [0.25, 0.3) is 10.0 Å². The van der Waals surface area contributed by atoms with Gasteiger partial charge in [-0.2, -0.15) is 0 Å². The molecular formula is C14H15FN2O4S2. The standard InChI is InChI=1S/C14H15FN2O4S2/c1-10-3-6-12(7-4-10)23(20,21)17-14-9-11(5-8-13(14)15)16-22(2,18)19/h3-9,16-17H,1-2H3. The van der Waals surface area contributed by atoms with Crippen LogP contribution in [0.25, 0.3) is 0 Å². The zero-order valence-electron chi connectivity index (χ0n) is 12.4. The number of aryl methyl sites for hydroxylation is 1. The normalized spacial score (nSPS) is 12.0. The van der Waals surface area contributed by atoms with E-state index in [1.54, 1.807) is 12.1 Å². The van der Waals surface area contributed by atoms with Crippen LogP contribution in [0.15, 0.2) is 47.4 Å². The molecule has 124 valence electrons. The maximum atomic E-state index is 13.8. The molecule has 6 nitrogen and oxygen atoms in total. The SMILES string of the molecule is Cc1ccc(S(=O)(=O)Nc2cc(NS(C)(=O)=O)ccc2F)cc1. The van der Waals surface area contributed by atoms with E-state index in [0.717, 1.165) is 24.0 Å². The fourth-order valence-electron chi connectivity index (χ4n) is 1.80. The van der Waals surface area contributed by atoms with Crippen LogP contribution >= 0.6 is 0 Å². The summed E-state index contributed by atoms with van der Waals surface area (Å²) >= 11 is 0. The molecule has 0 atom stereocenters. The minimum Gasteiger partial charge on any atom is -0.284 e. The number of halogens is 1. The molecule has 0 fully saturated rings. The van der Waals surface area contributed by atoms with Crippen molar-refractivity contribution in [2.45, 2.75) is 11.8 Å². The van der Waals surface area contributed by atoms with Crippen molar-refractivity contribution in [2.75, 3.05) is 15.7 Å². The highest BCUT2D eigenvalue weighted by atomic mass is 32.2. The first-order valence-corrected chi connectivity index (χ1v) is 9.81. The number of benzene rings is 2. The highest BCUT2D eigenvalue weighted by Gasteiger charge is 2.17. The van der Waals surface area contributed by atoms with Crippen LogP contribution in [-0.2, 0) is 20.0 Å². The summed E-state index contributed by atoms with van der Waals surface area (Å²) in [5.41, 5.74) is 0.587. The lowest BCUT2D eigenvalue weighted by Crippen LogP contribution is -2.15. The van der Waals surface area contributed by atoms with Crippen LogP contribution in [0.4, 0.5) is 15.8 Å². The molecule has 2 N–H and O–H groups in total. The lowest BCUT2D eigenvalue weighted by Gasteiger charge is -2.11. The molecule has 9 heteroatoms. The number of nitrogens with one attached hydrogen (secondary N) is 2. The van der Waals surface area contributed by atoms with Crippen LogP contribution in [0.3, 0.4) is 0 Å². The van der Waals surface area contributed by atoms with E-state index < -0.39 is 25.9 Å². The monoisotopic (exact) mass is 358 g/mol. The van der Waals surface area contributed by atoms with Crippen molar-refractivity contribution in [2.24, 2.45) is 0 Å². The van der Waals surface area contributed by atoms with E-state index in [1.165, 1.54) is 18.2 Å². The van der Waals surface area contributed by atoms with Crippen molar-refractivity contribution in [3.63, 3.8) is 0 Å². The fraction of sp³-hybridized carbons (Fsp3) is 0.143. The van der Waals surface area contributed by atoms with Crippen molar-refractivity contribution < 1.29 is 21.2 Å². The highest BCUT2D eigenvalue weighted by molar-refractivity contribution is 7.92. The Hall–Kier alpha value is -2.13. The van der Waals surface area contributed by atoms with Gasteiger partial charge in [-0.3, -0.25) is 9.44 Å². The van der Waals surface area contributed by atoms with Crippen molar-refractivity contribution in [1.29, 1.82) is 0 Å². The van der Waals surface area contributed by atoms with E-state index in [9.17, 15) is 21.2 Å². The number of rotatable bonds is 5. The molecule has 0 spiro atoms. The van der Waals surface area contributed by atoms with Crippen LogP contribution in [-0.4, -0.2) is 23.1 Å². The van der Waals surface area contributed by atoms with E-state index in [1.807, 2.05) is 6.92 Å². The summed E-state index contributed by atoms with van der Waals surface area (Å²) in [4.78, 5) is -0.0241. The Morgan fingerprint density at radius 2 is 1.52 bits per heavy atom. The molecule has 0 aliphatic heterocycles. The van der Waals surface area contributed by atoms with E-state index in [2.05, 4.69) is 9.44 Å². The van der Waals surface area contributed by atoms with Crippen LogP contribution in [0.1, 0.15) is 5.56 Å². The van der Waals surface area contributed by atoms with Crippen LogP contribution in [0, 0.1) is 12.7 Å². The quantitative estimate of drug-likeness (QED) is 0.858. The Balaban J connectivity index is 2.35. The van der Waals surface area contributed by atoms with Gasteiger partial charge < -0.3 is 0 Å². The summed E-state index contributed by atoms with van der Waals surface area (Å²) in [6.45, 7) is 1.81. The number of hydrogen-bond acceptors (Lipinski definition) is 4. The van der Waals surface area contributed by atoms with Crippen LogP contribution < -0.4 is 9.44 Å². The molecule has 2 rings (SSSR count). The third-order valence-electron chi connectivity index (χ3n) is 2.85. The second kappa shape index (κ2) is 6.17. The Morgan fingerprint density at radius 3 is 2.09 bits per heavy atom. The fourth-order valence-corrected chi connectivity index (χ4v) is 3.42. The van der Waals surface area contributed by atoms with E-state index in [0.29, 0.717) is 0 Å². The molecule has 0 saturated heterocycles. The van der Waals surface area contributed by atoms with Gasteiger partial charge in [0, 0.05) is 0 Å². The molecule has 0 amide bonds. The largest absolute Gasteiger partial charge is 0.284 e. The van der Waals surface area contributed by atoms with Gasteiger partial charge in [0.05, 0.1) is 22.5 Å². The molecule has 0 heterocycles. The Kier molecular flexibility index (Phi) is 4.62. The average Bonchev–Trinajstić information content (AvgIpc) is 2.41. The molecule has 0 saturated carbocycles. The van der Waals surface area contributed by atoms with Gasteiger partial charge in [-0.1, -0.05) is 17.7 Å². The lowest BCUT2D eigenvalue weighted by molar-refractivity contribution is 0.598. The molecule has 0 aliphatic carbocycles. The van der Waals surface area contributed by atoms with Crippen LogP contribution in [0.2, 0.25) is 0 Å². The Morgan fingerprint density at radius 1 is 0.913 bits per heavy atom. The number of anilines is 2. The third kappa shape index (κ3) is 4.67. The van der Waals surface area contributed by atoms with Gasteiger partial charge in [0.2, 0.25) is 10.0 Å². The second-order valence-corrected chi connectivity index (χ2v) is 8.42. The van der Waals surface area contributed by atoms with Gasteiger partial charge >= 0.3 is 0 Å². The lowest BCUT2D eigenvalue weighted by atomic mass is 10.2. The molecule has 0 aromatic heterocycles. The Bertz CT molecular complexity index is 924. The summed E-state index contributed by atoms with van der Waals surface area (Å²) < 4.78 is 64.9. The summed E-state index contributed by atoms with van der Waals surface area (Å²) in [6.07, 6.45) is 0.937. The van der Waals surface area contributed by atoms with E-state index in [4.69, 9.17) is 0 Å².